The van der Waals surface area contributed by atoms with Gasteiger partial charge in [-0.15, -0.1) is 0 Å². The Morgan fingerprint density at radius 2 is 1.96 bits per heavy atom. The minimum atomic E-state index is -0.405. The van der Waals surface area contributed by atoms with Gasteiger partial charge in [0.1, 0.15) is 11.3 Å². The van der Waals surface area contributed by atoms with Crippen molar-refractivity contribution >= 4 is 5.91 Å². The lowest BCUT2D eigenvalue weighted by Crippen LogP contribution is -2.32. The van der Waals surface area contributed by atoms with Gasteiger partial charge in [0, 0.05) is 37.3 Å². The largest absolute Gasteiger partial charge is 0.367 e. The van der Waals surface area contributed by atoms with E-state index in [0.717, 1.165) is 37.1 Å². The summed E-state index contributed by atoms with van der Waals surface area (Å²) in [4.78, 5) is 29.0. The molecule has 1 fully saturated rings. The highest BCUT2D eigenvalue weighted by atomic mass is 16.5. The topological polar surface area (TPSA) is 89.9 Å². The Labute approximate surface area is 140 Å². The first kappa shape index (κ1) is 16.4. The molecule has 0 aromatic carbocycles. The first-order chi connectivity index (χ1) is 11.6. The molecular formula is C17H21N5O2. The number of aromatic nitrogens is 4. The number of amides is 1. The second-order valence-electron chi connectivity index (χ2n) is 6.18. The van der Waals surface area contributed by atoms with Crippen LogP contribution in [-0.2, 0) is 16.9 Å². The van der Waals surface area contributed by atoms with Gasteiger partial charge in [-0.05, 0) is 33.1 Å². The van der Waals surface area contributed by atoms with Gasteiger partial charge < -0.3 is 10.1 Å². The van der Waals surface area contributed by atoms with Crippen LogP contribution in [-0.4, -0.2) is 32.4 Å². The number of ether oxygens (including phenoxy) is 1. The third kappa shape index (κ3) is 3.73. The lowest BCUT2D eigenvalue weighted by atomic mass is 9.95. The summed E-state index contributed by atoms with van der Waals surface area (Å²) in [5, 5.41) is 2.79. The van der Waals surface area contributed by atoms with Gasteiger partial charge >= 0.3 is 0 Å². The first-order valence-corrected chi connectivity index (χ1v) is 8.09. The lowest BCUT2D eigenvalue weighted by Gasteiger charge is -2.32. The number of carbonyl (C=O) groups is 1. The zero-order valence-electron chi connectivity index (χ0n) is 14.0. The molecule has 2 aromatic heterocycles. The van der Waals surface area contributed by atoms with Gasteiger partial charge in [-0.1, -0.05) is 0 Å². The normalized spacial score (nSPS) is 20.6. The molecule has 2 aromatic rings. The minimum Gasteiger partial charge on any atom is -0.367 e. The van der Waals surface area contributed by atoms with E-state index in [1.165, 1.54) is 6.20 Å². The Morgan fingerprint density at radius 1 is 1.17 bits per heavy atom. The Morgan fingerprint density at radius 3 is 2.58 bits per heavy atom. The molecule has 7 heteroatoms. The molecule has 0 spiro atoms. The van der Waals surface area contributed by atoms with E-state index in [-0.39, 0.29) is 5.91 Å². The SMILES string of the molecule is Cc1cnc(C(=O)NCc2cnc(C3(C)CCCCO3)nc2)cn1. The maximum atomic E-state index is 12.0. The van der Waals surface area contributed by atoms with Gasteiger partial charge in [-0.25, -0.2) is 15.0 Å². The molecule has 0 bridgehead atoms. The minimum absolute atomic E-state index is 0.269. The summed E-state index contributed by atoms with van der Waals surface area (Å²) >= 11 is 0. The summed E-state index contributed by atoms with van der Waals surface area (Å²) < 4.78 is 5.85. The fraction of sp³-hybridized carbons (Fsp3) is 0.471. The van der Waals surface area contributed by atoms with Gasteiger partial charge in [0.05, 0.1) is 11.9 Å². The Hall–Kier alpha value is -2.41. The molecule has 1 aliphatic heterocycles. The molecule has 3 rings (SSSR count). The van der Waals surface area contributed by atoms with Crippen LogP contribution in [0.2, 0.25) is 0 Å². The second kappa shape index (κ2) is 7.00. The van der Waals surface area contributed by atoms with E-state index >= 15 is 0 Å². The Bertz CT molecular complexity index is 694. The highest BCUT2D eigenvalue weighted by molar-refractivity contribution is 5.91. The van der Waals surface area contributed by atoms with E-state index in [1.807, 2.05) is 13.8 Å². The molecule has 1 saturated heterocycles. The Balaban J connectivity index is 1.60. The molecule has 0 radical (unpaired) electrons. The summed E-state index contributed by atoms with van der Waals surface area (Å²) in [6.07, 6.45) is 9.62. The zero-order valence-corrected chi connectivity index (χ0v) is 14.0. The van der Waals surface area contributed by atoms with Crippen LogP contribution in [0, 0.1) is 6.92 Å². The zero-order chi connectivity index (χ0) is 17.0. The molecule has 3 heterocycles. The predicted molar refractivity (Wildman–Crippen MR) is 87.1 cm³/mol. The second-order valence-corrected chi connectivity index (χ2v) is 6.18. The van der Waals surface area contributed by atoms with E-state index in [4.69, 9.17) is 4.74 Å². The Kier molecular flexibility index (Phi) is 4.80. The maximum absolute atomic E-state index is 12.0. The van der Waals surface area contributed by atoms with Gasteiger partial charge in [-0.2, -0.15) is 0 Å². The van der Waals surface area contributed by atoms with Crippen LogP contribution in [0.4, 0.5) is 0 Å². The highest BCUT2D eigenvalue weighted by Gasteiger charge is 2.32. The number of carbonyl (C=O) groups excluding carboxylic acids is 1. The average Bonchev–Trinajstić information content (AvgIpc) is 2.61. The van der Waals surface area contributed by atoms with Crippen LogP contribution < -0.4 is 5.32 Å². The quantitative estimate of drug-likeness (QED) is 0.923. The fourth-order valence-electron chi connectivity index (χ4n) is 2.61. The molecule has 1 N–H and O–H groups in total. The van der Waals surface area contributed by atoms with Crippen molar-refractivity contribution in [3.8, 4) is 0 Å². The monoisotopic (exact) mass is 327 g/mol. The highest BCUT2D eigenvalue weighted by Crippen LogP contribution is 2.32. The summed E-state index contributed by atoms with van der Waals surface area (Å²) in [5.74, 6) is 0.427. The molecule has 1 atom stereocenters. The molecule has 126 valence electrons. The van der Waals surface area contributed by atoms with E-state index in [2.05, 4.69) is 25.3 Å². The number of nitrogens with zero attached hydrogens (tertiary/aromatic N) is 4. The number of nitrogens with one attached hydrogen (secondary N) is 1. The van der Waals surface area contributed by atoms with Gasteiger partial charge in [0.2, 0.25) is 0 Å². The molecule has 7 nitrogen and oxygen atoms in total. The van der Waals surface area contributed by atoms with E-state index < -0.39 is 5.60 Å². The van der Waals surface area contributed by atoms with Crippen molar-refractivity contribution in [1.29, 1.82) is 0 Å². The third-order valence-electron chi connectivity index (χ3n) is 4.11. The molecule has 1 aliphatic rings. The average molecular weight is 327 g/mol. The lowest BCUT2D eigenvalue weighted by molar-refractivity contribution is -0.0760. The standard InChI is InChI=1S/C17H21N5O2/c1-12-7-19-14(11-18-12)15(23)20-8-13-9-21-16(22-10-13)17(2)5-3-4-6-24-17/h7,9-11H,3-6,8H2,1-2H3,(H,20,23). The van der Waals surface area contributed by atoms with Crippen LogP contribution in [0.3, 0.4) is 0 Å². The smallest absolute Gasteiger partial charge is 0.271 e. The van der Waals surface area contributed by atoms with Gasteiger partial charge in [0.25, 0.3) is 5.91 Å². The van der Waals surface area contributed by atoms with Crippen molar-refractivity contribution in [3.63, 3.8) is 0 Å². The number of hydrogen-bond donors (Lipinski definition) is 1. The molecular weight excluding hydrogens is 306 g/mol. The van der Waals surface area contributed by atoms with Gasteiger partial charge in [0.15, 0.2) is 5.82 Å². The number of aryl methyl sites for hydroxylation is 1. The van der Waals surface area contributed by atoms with Crippen molar-refractivity contribution in [2.45, 2.75) is 45.3 Å². The van der Waals surface area contributed by atoms with Crippen molar-refractivity contribution in [2.24, 2.45) is 0 Å². The fourth-order valence-corrected chi connectivity index (χ4v) is 2.61. The molecule has 1 amide bonds. The predicted octanol–water partition coefficient (Wildman–Crippen LogP) is 1.92. The van der Waals surface area contributed by atoms with Crippen molar-refractivity contribution in [2.75, 3.05) is 6.61 Å². The van der Waals surface area contributed by atoms with E-state index in [1.54, 1.807) is 18.6 Å². The maximum Gasteiger partial charge on any atom is 0.271 e. The van der Waals surface area contributed by atoms with Crippen LogP contribution in [0.1, 0.15) is 53.8 Å². The van der Waals surface area contributed by atoms with E-state index in [9.17, 15) is 4.79 Å². The van der Waals surface area contributed by atoms with Crippen LogP contribution in [0.5, 0.6) is 0 Å². The van der Waals surface area contributed by atoms with Crippen LogP contribution in [0.15, 0.2) is 24.8 Å². The van der Waals surface area contributed by atoms with Crippen molar-refractivity contribution in [1.82, 2.24) is 25.3 Å². The summed E-state index contributed by atoms with van der Waals surface area (Å²) in [5.41, 5.74) is 1.49. The molecule has 1 unspecified atom stereocenters. The number of hydrogen-bond acceptors (Lipinski definition) is 6. The van der Waals surface area contributed by atoms with Gasteiger partial charge in [-0.3, -0.25) is 9.78 Å². The molecule has 0 saturated carbocycles. The summed E-state index contributed by atoms with van der Waals surface area (Å²) in [6.45, 7) is 4.94. The van der Waals surface area contributed by atoms with Crippen LogP contribution in [0.25, 0.3) is 0 Å². The third-order valence-corrected chi connectivity index (χ3v) is 4.11. The van der Waals surface area contributed by atoms with Crippen molar-refractivity contribution < 1.29 is 9.53 Å². The summed E-state index contributed by atoms with van der Waals surface area (Å²) in [7, 11) is 0. The van der Waals surface area contributed by atoms with Crippen LogP contribution >= 0.6 is 0 Å². The molecule has 0 aliphatic carbocycles. The molecule has 24 heavy (non-hydrogen) atoms. The first-order valence-electron chi connectivity index (χ1n) is 8.09. The summed E-state index contributed by atoms with van der Waals surface area (Å²) in [6, 6.07) is 0. The van der Waals surface area contributed by atoms with Crippen molar-refractivity contribution in [3.05, 3.63) is 47.6 Å². The number of rotatable bonds is 4. The van der Waals surface area contributed by atoms with E-state index in [0.29, 0.717) is 18.1 Å².